The second-order valence-corrected chi connectivity index (χ2v) is 5.01. The molecule has 0 radical (unpaired) electrons. The highest BCUT2D eigenvalue weighted by Gasteiger charge is 2.23. The van der Waals surface area contributed by atoms with Crippen LogP contribution in [0.5, 0.6) is 0 Å². The number of nitrogen functional groups attached to an aromatic ring is 1. The van der Waals surface area contributed by atoms with Crippen molar-refractivity contribution in [2.75, 3.05) is 18.9 Å². The number of ether oxygens (including phenoxy) is 1. The summed E-state index contributed by atoms with van der Waals surface area (Å²) in [4.78, 5) is 0. The van der Waals surface area contributed by atoms with E-state index in [0.717, 1.165) is 29.8 Å². The summed E-state index contributed by atoms with van der Waals surface area (Å²) in [5.41, 5.74) is 9.64. The highest BCUT2D eigenvalue weighted by Crippen LogP contribution is 2.30. The highest BCUT2D eigenvalue weighted by atomic mass is 16.5. The molecule has 0 bridgehead atoms. The number of aromatic nitrogens is 2. The average Bonchev–Trinajstić information content (AvgIpc) is 3.10. The van der Waals surface area contributed by atoms with Crippen molar-refractivity contribution < 1.29 is 4.74 Å². The minimum Gasteiger partial charge on any atom is -0.384 e. The first-order valence-corrected chi connectivity index (χ1v) is 6.63. The lowest BCUT2D eigenvalue weighted by Gasteiger charge is -2.09. The lowest BCUT2D eigenvalue weighted by molar-refractivity contribution is 0.185. The number of nitrogens with zero attached hydrogens (tertiary/aromatic N) is 3. The van der Waals surface area contributed by atoms with E-state index in [1.807, 2.05) is 23.7 Å². The second-order valence-electron chi connectivity index (χ2n) is 5.01. The molecular weight excluding hydrogens is 252 g/mol. The number of benzene rings is 1. The van der Waals surface area contributed by atoms with Gasteiger partial charge in [0, 0.05) is 17.7 Å². The highest BCUT2D eigenvalue weighted by molar-refractivity contribution is 5.68. The van der Waals surface area contributed by atoms with Crippen molar-refractivity contribution in [3.05, 3.63) is 35.4 Å². The molecule has 1 aliphatic heterocycles. The van der Waals surface area contributed by atoms with Gasteiger partial charge in [-0.1, -0.05) is 12.1 Å². The van der Waals surface area contributed by atoms with Crippen LogP contribution in [0.25, 0.3) is 11.3 Å². The van der Waals surface area contributed by atoms with Gasteiger partial charge in [0.1, 0.15) is 5.82 Å². The molecule has 3 rings (SSSR count). The predicted molar refractivity (Wildman–Crippen MR) is 76.0 cm³/mol. The monoisotopic (exact) mass is 268 g/mol. The summed E-state index contributed by atoms with van der Waals surface area (Å²) in [6, 6.07) is 9.74. The SMILES string of the molecule is Cc1c(-c2ccc(C#N)cc2)nn(C2CCOC2)c1N. The van der Waals surface area contributed by atoms with Gasteiger partial charge in [-0.2, -0.15) is 10.4 Å². The Morgan fingerprint density at radius 2 is 2.15 bits per heavy atom. The zero-order chi connectivity index (χ0) is 14.1. The van der Waals surface area contributed by atoms with E-state index in [2.05, 4.69) is 11.2 Å². The van der Waals surface area contributed by atoms with Crippen molar-refractivity contribution in [1.82, 2.24) is 9.78 Å². The van der Waals surface area contributed by atoms with Crippen LogP contribution in [0.1, 0.15) is 23.6 Å². The molecule has 20 heavy (non-hydrogen) atoms. The van der Waals surface area contributed by atoms with Crippen molar-refractivity contribution in [3.8, 4) is 17.3 Å². The van der Waals surface area contributed by atoms with Crippen LogP contribution in [0.3, 0.4) is 0 Å². The average molecular weight is 268 g/mol. The number of rotatable bonds is 2. The first-order chi connectivity index (χ1) is 9.70. The molecule has 2 aromatic rings. The van der Waals surface area contributed by atoms with Crippen LogP contribution in [-0.2, 0) is 4.74 Å². The lowest BCUT2D eigenvalue weighted by Crippen LogP contribution is -2.13. The zero-order valence-electron chi connectivity index (χ0n) is 11.3. The third kappa shape index (κ3) is 2.04. The smallest absolute Gasteiger partial charge is 0.125 e. The Hall–Kier alpha value is -2.32. The molecule has 102 valence electrons. The van der Waals surface area contributed by atoms with E-state index in [1.54, 1.807) is 12.1 Å². The Morgan fingerprint density at radius 3 is 2.75 bits per heavy atom. The molecule has 1 saturated heterocycles. The molecule has 5 heteroatoms. The molecule has 0 aliphatic carbocycles. The molecule has 2 heterocycles. The normalized spacial score (nSPS) is 18.1. The summed E-state index contributed by atoms with van der Waals surface area (Å²) in [5.74, 6) is 0.694. The van der Waals surface area contributed by atoms with Gasteiger partial charge in [-0.25, -0.2) is 4.68 Å². The standard InChI is InChI=1S/C15H16N4O/c1-10-14(12-4-2-11(8-16)3-5-12)18-19(15(10)17)13-6-7-20-9-13/h2-5,13H,6-7,9,17H2,1H3. The lowest BCUT2D eigenvalue weighted by atomic mass is 10.1. The summed E-state index contributed by atoms with van der Waals surface area (Å²) in [5, 5.41) is 13.5. The van der Waals surface area contributed by atoms with Crippen molar-refractivity contribution in [1.29, 1.82) is 5.26 Å². The maximum Gasteiger partial charge on any atom is 0.125 e. The third-order valence-corrected chi connectivity index (χ3v) is 3.73. The van der Waals surface area contributed by atoms with Gasteiger partial charge in [0.05, 0.1) is 30.0 Å². The minimum absolute atomic E-state index is 0.223. The van der Waals surface area contributed by atoms with Crippen LogP contribution in [-0.4, -0.2) is 23.0 Å². The summed E-state index contributed by atoms with van der Waals surface area (Å²) < 4.78 is 7.27. The van der Waals surface area contributed by atoms with Crippen LogP contribution in [0.15, 0.2) is 24.3 Å². The predicted octanol–water partition coefficient (Wildman–Crippen LogP) is 2.27. The summed E-state index contributed by atoms with van der Waals surface area (Å²) in [6.07, 6.45) is 0.943. The minimum atomic E-state index is 0.223. The number of nitrogens with two attached hydrogens (primary N) is 1. The first-order valence-electron chi connectivity index (χ1n) is 6.63. The van der Waals surface area contributed by atoms with Crippen molar-refractivity contribution in [2.24, 2.45) is 0 Å². The van der Waals surface area contributed by atoms with E-state index >= 15 is 0 Å². The number of nitriles is 1. The number of anilines is 1. The molecular formula is C15H16N4O. The molecule has 2 N–H and O–H groups in total. The molecule has 0 amide bonds. The van der Waals surface area contributed by atoms with E-state index in [4.69, 9.17) is 15.7 Å². The van der Waals surface area contributed by atoms with Gasteiger partial charge in [-0.05, 0) is 25.5 Å². The Kier molecular flexibility index (Phi) is 3.17. The van der Waals surface area contributed by atoms with Gasteiger partial charge in [0.15, 0.2) is 0 Å². The van der Waals surface area contributed by atoms with Gasteiger partial charge in [0.25, 0.3) is 0 Å². The van der Waals surface area contributed by atoms with Crippen LogP contribution in [0, 0.1) is 18.3 Å². The summed E-state index contributed by atoms with van der Waals surface area (Å²) in [7, 11) is 0. The second kappa shape index (κ2) is 4.99. The van der Waals surface area contributed by atoms with E-state index in [-0.39, 0.29) is 6.04 Å². The van der Waals surface area contributed by atoms with Crippen LogP contribution < -0.4 is 5.73 Å². The maximum atomic E-state index is 8.84. The van der Waals surface area contributed by atoms with Crippen molar-refractivity contribution in [2.45, 2.75) is 19.4 Å². The van der Waals surface area contributed by atoms with Gasteiger partial charge in [0.2, 0.25) is 0 Å². The molecule has 0 saturated carbocycles. The molecule has 1 atom stereocenters. The Labute approximate surface area is 117 Å². The molecule has 5 nitrogen and oxygen atoms in total. The Morgan fingerprint density at radius 1 is 1.40 bits per heavy atom. The summed E-state index contributed by atoms with van der Waals surface area (Å²) in [6.45, 7) is 3.40. The topological polar surface area (TPSA) is 76.9 Å². The number of hydrogen-bond acceptors (Lipinski definition) is 4. The largest absolute Gasteiger partial charge is 0.384 e. The van der Waals surface area contributed by atoms with E-state index in [9.17, 15) is 0 Å². The molecule has 1 aromatic heterocycles. The van der Waals surface area contributed by atoms with E-state index in [0.29, 0.717) is 18.0 Å². The van der Waals surface area contributed by atoms with Crippen LogP contribution in [0.4, 0.5) is 5.82 Å². The fraction of sp³-hybridized carbons (Fsp3) is 0.333. The third-order valence-electron chi connectivity index (χ3n) is 3.73. The Bertz CT molecular complexity index is 660. The van der Waals surface area contributed by atoms with Crippen molar-refractivity contribution >= 4 is 5.82 Å². The zero-order valence-corrected chi connectivity index (χ0v) is 11.3. The van der Waals surface area contributed by atoms with Gasteiger partial charge in [-0.3, -0.25) is 0 Å². The number of hydrogen-bond donors (Lipinski definition) is 1. The fourth-order valence-electron chi connectivity index (χ4n) is 2.50. The Balaban J connectivity index is 2.01. The summed E-state index contributed by atoms with van der Waals surface area (Å²) >= 11 is 0. The van der Waals surface area contributed by atoms with E-state index < -0.39 is 0 Å². The molecule has 1 aromatic carbocycles. The van der Waals surface area contributed by atoms with Crippen LogP contribution in [0.2, 0.25) is 0 Å². The fourth-order valence-corrected chi connectivity index (χ4v) is 2.50. The van der Waals surface area contributed by atoms with Crippen molar-refractivity contribution in [3.63, 3.8) is 0 Å². The van der Waals surface area contributed by atoms with Crippen LogP contribution >= 0.6 is 0 Å². The quantitative estimate of drug-likeness (QED) is 0.906. The van der Waals surface area contributed by atoms with Gasteiger partial charge < -0.3 is 10.5 Å². The molecule has 0 spiro atoms. The maximum absolute atomic E-state index is 8.84. The van der Waals surface area contributed by atoms with Gasteiger partial charge in [-0.15, -0.1) is 0 Å². The van der Waals surface area contributed by atoms with E-state index in [1.165, 1.54) is 0 Å². The first kappa shape index (κ1) is 12.7. The molecule has 1 fully saturated rings. The van der Waals surface area contributed by atoms with Gasteiger partial charge >= 0.3 is 0 Å². The molecule has 1 unspecified atom stereocenters. The molecule has 1 aliphatic rings.